The first kappa shape index (κ1) is 19.0. The maximum absolute atomic E-state index is 12.7. The number of para-hydroxylation sites is 1. The molecule has 3 aromatic heterocycles. The first-order chi connectivity index (χ1) is 15.2. The van der Waals surface area contributed by atoms with Crippen LogP contribution in [0.2, 0.25) is 0 Å². The first-order valence-electron chi connectivity index (χ1n) is 10.3. The van der Waals surface area contributed by atoms with Gasteiger partial charge in [-0.3, -0.25) is 19.7 Å². The van der Waals surface area contributed by atoms with Crippen LogP contribution in [0.4, 0.5) is 0 Å². The Labute approximate surface area is 178 Å². The van der Waals surface area contributed by atoms with E-state index in [9.17, 15) is 9.59 Å². The molecule has 0 atom stereocenters. The van der Waals surface area contributed by atoms with Gasteiger partial charge in [-0.05, 0) is 36.6 Å². The van der Waals surface area contributed by atoms with Crippen molar-refractivity contribution < 1.29 is 9.59 Å². The summed E-state index contributed by atoms with van der Waals surface area (Å²) in [5.74, 6) is -0.313. The molecular weight excluding hydrogens is 392 g/mol. The van der Waals surface area contributed by atoms with Crippen LogP contribution in [-0.2, 0) is 19.4 Å². The van der Waals surface area contributed by atoms with Crippen molar-refractivity contribution in [3.8, 4) is 0 Å². The van der Waals surface area contributed by atoms with E-state index in [1.165, 1.54) is 10.9 Å². The van der Waals surface area contributed by atoms with Crippen molar-refractivity contribution in [1.82, 2.24) is 30.4 Å². The normalized spacial score (nSPS) is 13.2. The van der Waals surface area contributed by atoms with E-state index in [1.807, 2.05) is 24.4 Å². The molecule has 3 N–H and O–H groups in total. The van der Waals surface area contributed by atoms with Gasteiger partial charge in [0.15, 0.2) is 5.69 Å². The van der Waals surface area contributed by atoms with E-state index in [2.05, 4.69) is 31.5 Å². The Bertz CT molecular complexity index is 1240. The highest BCUT2D eigenvalue weighted by Crippen LogP contribution is 2.22. The smallest absolute Gasteiger partial charge is 0.272 e. The van der Waals surface area contributed by atoms with Crippen molar-refractivity contribution in [2.45, 2.75) is 19.4 Å². The van der Waals surface area contributed by atoms with Crippen LogP contribution in [0.15, 0.2) is 54.9 Å². The number of carbonyl (C=O) groups is 2. The third kappa shape index (κ3) is 3.68. The lowest BCUT2D eigenvalue weighted by Crippen LogP contribution is -2.37. The van der Waals surface area contributed by atoms with Crippen LogP contribution in [-0.4, -0.2) is 50.0 Å². The summed E-state index contributed by atoms with van der Waals surface area (Å²) >= 11 is 0. The number of pyridine rings is 1. The molecule has 1 aromatic carbocycles. The summed E-state index contributed by atoms with van der Waals surface area (Å²) in [5, 5.41) is 11.3. The number of carbonyl (C=O) groups excluding carboxylic acids is 2. The molecule has 8 nitrogen and oxygen atoms in total. The van der Waals surface area contributed by atoms with Crippen molar-refractivity contribution in [1.29, 1.82) is 0 Å². The number of rotatable bonds is 5. The zero-order valence-electron chi connectivity index (χ0n) is 16.9. The Morgan fingerprint density at radius 2 is 2.00 bits per heavy atom. The van der Waals surface area contributed by atoms with Gasteiger partial charge in [0.2, 0.25) is 0 Å². The molecule has 156 valence electrons. The second-order valence-corrected chi connectivity index (χ2v) is 7.59. The van der Waals surface area contributed by atoms with E-state index >= 15 is 0 Å². The number of nitrogens with one attached hydrogen (secondary N) is 3. The van der Waals surface area contributed by atoms with Gasteiger partial charge < -0.3 is 15.2 Å². The minimum Gasteiger partial charge on any atom is -0.361 e. The van der Waals surface area contributed by atoms with Crippen LogP contribution in [0.5, 0.6) is 0 Å². The molecule has 0 saturated heterocycles. The number of fused-ring (bicyclic) bond motifs is 2. The Morgan fingerprint density at radius 1 is 1.13 bits per heavy atom. The lowest BCUT2D eigenvalue weighted by molar-refractivity contribution is 0.0726. The Morgan fingerprint density at radius 3 is 2.87 bits per heavy atom. The molecule has 0 unspecified atom stereocenters. The SMILES string of the molecule is O=C(NCCc1c[nH]c2ccccc12)c1n[nH]c2c1CCN(C(=O)c1ccccn1)C2. The average Bonchev–Trinajstić information content (AvgIpc) is 3.43. The number of H-pyrrole nitrogens is 2. The number of hydrogen-bond acceptors (Lipinski definition) is 4. The molecule has 0 spiro atoms. The summed E-state index contributed by atoms with van der Waals surface area (Å²) in [7, 11) is 0. The van der Waals surface area contributed by atoms with Gasteiger partial charge in [-0.1, -0.05) is 24.3 Å². The molecule has 5 rings (SSSR count). The van der Waals surface area contributed by atoms with Crippen LogP contribution in [0.25, 0.3) is 10.9 Å². The number of amides is 2. The number of nitrogens with zero attached hydrogens (tertiary/aromatic N) is 3. The molecule has 4 heterocycles. The van der Waals surface area contributed by atoms with E-state index in [1.54, 1.807) is 29.3 Å². The predicted octanol–water partition coefficient (Wildman–Crippen LogP) is 2.46. The summed E-state index contributed by atoms with van der Waals surface area (Å²) in [5.41, 5.74) is 4.78. The lowest BCUT2D eigenvalue weighted by Gasteiger charge is -2.26. The number of aromatic amines is 2. The fraction of sp³-hybridized carbons (Fsp3) is 0.217. The maximum atomic E-state index is 12.7. The van der Waals surface area contributed by atoms with Crippen molar-refractivity contribution in [2.24, 2.45) is 0 Å². The summed E-state index contributed by atoms with van der Waals surface area (Å²) < 4.78 is 0. The highest BCUT2D eigenvalue weighted by Gasteiger charge is 2.28. The average molecular weight is 414 g/mol. The molecule has 0 aliphatic carbocycles. The molecule has 0 radical (unpaired) electrons. The van der Waals surface area contributed by atoms with Gasteiger partial charge in [0, 0.05) is 41.9 Å². The van der Waals surface area contributed by atoms with E-state index < -0.39 is 0 Å². The standard InChI is InChI=1S/C23H22N6O2/c30-22(25-11-8-15-13-26-18-6-2-1-5-16(15)18)21-17-9-12-29(14-20(17)27-28-21)23(31)19-7-3-4-10-24-19/h1-7,10,13,26H,8-9,11-12,14H2,(H,25,30)(H,27,28). The second-order valence-electron chi connectivity index (χ2n) is 7.59. The van der Waals surface area contributed by atoms with Crippen LogP contribution in [0, 0.1) is 0 Å². The Hall–Kier alpha value is -3.94. The van der Waals surface area contributed by atoms with Crippen molar-refractivity contribution in [3.63, 3.8) is 0 Å². The molecule has 0 bridgehead atoms. The van der Waals surface area contributed by atoms with Crippen LogP contribution in [0.1, 0.15) is 37.8 Å². The second kappa shape index (κ2) is 8.06. The Balaban J connectivity index is 1.22. The molecule has 1 aliphatic rings. The molecule has 0 saturated carbocycles. The predicted molar refractivity (Wildman–Crippen MR) is 116 cm³/mol. The molecule has 2 amide bonds. The number of aromatic nitrogens is 4. The first-order valence-corrected chi connectivity index (χ1v) is 10.3. The fourth-order valence-corrected chi connectivity index (χ4v) is 4.06. The van der Waals surface area contributed by atoms with E-state index in [0.717, 1.165) is 23.2 Å². The van der Waals surface area contributed by atoms with Crippen LogP contribution in [0.3, 0.4) is 0 Å². The van der Waals surface area contributed by atoms with Gasteiger partial charge in [0.25, 0.3) is 11.8 Å². The molecular formula is C23H22N6O2. The molecule has 1 aliphatic heterocycles. The highest BCUT2D eigenvalue weighted by molar-refractivity contribution is 5.95. The van der Waals surface area contributed by atoms with Gasteiger partial charge in [-0.25, -0.2) is 0 Å². The molecule has 4 aromatic rings. The molecule has 8 heteroatoms. The van der Waals surface area contributed by atoms with Gasteiger partial charge in [0.05, 0.1) is 12.2 Å². The van der Waals surface area contributed by atoms with Crippen molar-refractivity contribution >= 4 is 22.7 Å². The Kier molecular flexibility index (Phi) is 4.95. The fourth-order valence-electron chi connectivity index (χ4n) is 4.06. The molecule has 0 fully saturated rings. The van der Waals surface area contributed by atoms with Gasteiger partial charge in [0.1, 0.15) is 5.69 Å². The van der Waals surface area contributed by atoms with Gasteiger partial charge >= 0.3 is 0 Å². The summed E-state index contributed by atoms with van der Waals surface area (Å²) in [4.78, 5) is 34.5. The summed E-state index contributed by atoms with van der Waals surface area (Å²) in [6.07, 6.45) is 4.91. The van der Waals surface area contributed by atoms with Crippen molar-refractivity contribution in [2.75, 3.05) is 13.1 Å². The van der Waals surface area contributed by atoms with E-state index in [4.69, 9.17) is 0 Å². The quantitative estimate of drug-likeness (QED) is 0.466. The van der Waals surface area contributed by atoms with E-state index in [-0.39, 0.29) is 11.8 Å². The zero-order chi connectivity index (χ0) is 21.2. The van der Waals surface area contributed by atoms with Crippen LogP contribution < -0.4 is 5.32 Å². The van der Waals surface area contributed by atoms with E-state index in [0.29, 0.717) is 37.4 Å². The number of benzene rings is 1. The van der Waals surface area contributed by atoms with Crippen molar-refractivity contribution in [3.05, 3.63) is 83.1 Å². The topological polar surface area (TPSA) is 107 Å². The third-order valence-electron chi connectivity index (χ3n) is 5.67. The minimum atomic E-state index is -0.193. The minimum absolute atomic E-state index is 0.120. The third-order valence-corrected chi connectivity index (χ3v) is 5.67. The highest BCUT2D eigenvalue weighted by atomic mass is 16.2. The van der Waals surface area contributed by atoms with Crippen LogP contribution >= 0.6 is 0 Å². The largest absolute Gasteiger partial charge is 0.361 e. The zero-order valence-corrected chi connectivity index (χ0v) is 16.9. The summed E-state index contributed by atoms with van der Waals surface area (Å²) in [6, 6.07) is 13.4. The van der Waals surface area contributed by atoms with Gasteiger partial charge in [-0.2, -0.15) is 5.10 Å². The van der Waals surface area contributed by atoms with Gasteiger partial charge in [-0.15, -0.1) is 0 Å². The molecule has 31 heavy (non-hydrogen) atoms. The summed E-state index contributed by atoms with van der Waals surface area (Å²) in [6.45, 7) is 1.44. The number of hydrogen-bond donors (Lipinski definition) is 3. The lowest BCUT2D eigenvalue weighted by atomic mass is 10.0. The monoisotopic (exact) mass is 414 g/mol. The maximum Gasteiger partial charge on any atom is 0.272 e.